The molecule has 0 aliphatic heterocycles. The highest BCUT2D eigenvalue weighted by atomic mass is 19.3. The van der Waals surface area contributed by atoms with E-state index in [4.69, 9.17) is 11.7 Å². The SMILES string of the molecule is N/N=C\N(N)CC(O)(c1ccc(F)cc1F)C(F)(F)c1ccc(C#CC(F)F)cn1. The Hall–Kier alpha value is -3.30. The maximum Gasteiger partial charge on any atom is 0.323 e. The van der Waals surface area contributed by atoms with E-state index >= 15 is 8.78 Å². The molecule has 1 atom stereocenters. The maximum atomic E-state index is 15.3. The average molecular weight is 431 g/mol. The molecule has 1 aromatic heterocycles. The molecule has 5 N–H and O–H groups in total. The molecule has 0 spiro atoms. The van der Waals surface area contributed by atoms with Crippen LogP contribution in [0.5, 0.6) is 0 Å². The van der Waals surface area contributed by atoms with Crippen LogP contribution in [0.3, 0.4) is 0 Å². The van der Waals surface area contributed by atoms with Gasteiger partial charge in [0.05, 0.1) is 6.54 Å². The normalized spacial score (nSPS) is 13.8. The lowest BCUT2D eigenvalue weighted by atomic mass is 9.84. The molecule has 2 aromatic rings. The number of aliphatic hydroxyl groups is 1. The standard InChI is InChI=1S/C18H15F6N5O/c19-12-3-4-13(14(20)7-12)17(30,9-29(26)10-28-25)18(23,24)15-5-1-11(8-27-15)2-6-16(21)22/h1,3-5,7-8,10,16,30H,9,25-26H2/b28-10-. The Morgan fingerprint density at radius 2 is 1.93 bits per heavy atom. The fourth-order valence-corrected chi connectivity index (χ4v) is 2.57. The summed E-state index contributed by atoms with van der Waals surface area (Å²) in [6, 6.07) is 3.31. The first kappa shape index (κ1) is 23.0. The number of benzene rings is 1. The second kappa shape index (κ2) is 9.02. The van der Waals surface area contributed by atoms with Crippen LogP contribution in [-0.2, 0) is 11.5 Å². The van der Waals surface area contributed by atoms with Crippen molar-refractivity contribution < 1.29 is 31.4 Å². The lowest BCUT2D eigenvalue weighted by molar-refractivity contribution is -0.203. The molecule has 0 radical (unpaired) electrons. The van der Waals surface area contributed by atoms with Crippen molar-refractivity contribution in [3.8, 4) is 11.8 Å². The first-order chi connectivity index (χ1) is 14.0. The van der Waals surface area contributed by atoms with Crippen LogP contribution >= 0.6 is 0 Å². The number of nitrogens with two attached hydrogens (primary N) is 2. The van der Waals surface area contributed by atoms with Gasteiger partial charge in [0, 0.05) is 23.4 Å². The van der Waals surface area contributed by atoms with Gasteiger partial charge in [0.15, 0.2) is 5.60 Å². The van der Waals surface area contributed by atoms with Gasteiger partial charge >= 0.3 is 5.92 Å². The van der Waals surface area contributed by atoms with Gasteiger partial charge in [0.25, 0.3) is 6.43 Å². The van der Waals surface area contributed by atoms with Crippen LogP contribution in [0.15, 0.2) is 41.6 Å². The zero-order valence-electron chi connectivity index (χ0n) is 15.0. The number of aromatic nitrogens is 1. The van der Waals surface area contributed by atoms with E-state index in [0.717, 1.165) is 18.3 Å². The molecule has 6 nitrogen and oxygen atoms in total. The van der Waals surface area contributed by atoms with E-state index in [0.29, 0.717) is 29.5 Å². The zero-order valence-corrected chi connectivity index (χ0v) is 15.0. The van der Waals surface area contributed by atoms with Gasteiger partial charge in [-0.2, -0.15) is 22.7 Å². The van der Waals surface area contributed by atoms with Crippen molar-refractivity contribution in [1.82, 2.24) is 9.99 Å². The van der Waals surface area contributed by atoms with E-state index in [1.807, 2.05) is 5.92 Å². The quantitative estimate of drug-likeness (QED) is 0.162. The predicted octanol–water partition coefficient (Wildman–Crippen LogP) is 2.03. The third-order valence-electron chi connectivity index (χ3n) is 3.93. The molecule has 30 heavy (non-hydrogen) atoms. The molecule has 1 unspecified atom stereocenters. The first-order valence-electron chi connectivity index (χ1n) is 8.08. The van der Waals surface area contributed by atoms with Gasteiger partial charge in [0.1, 0.15) is 23.7 Å². The molecule has 160 valence electrons. The van der Waals surface area contributed by atoms with E-state index in [9.17, 15) is 22.7 Å². The molecule has 1 aromatic carbocycles. The zero-order chi connectivity index (χ0) is 22.5. The van der Waals surface area contributed by atoms with Crippen molar-refractivity contribution >= 4 is 6.34 Å². The van der Waals surface area contributed by atoms with Gasteiger partial charge in [-0.1, -0.05) is 5.92 Å². The number of pyridine rings is 1. The Kier molecular flexibility index (Phi) is 6.91. The van der Waals surface area contributed by atoms with Crippen molar-refractivity contribution in [2.24, 2.45) is 16.8 Å². The molecule has 0 saturated carbocycles. The van der Waals surface area contributed by atoms with Crippen molar-refractivity contribution in [3.63, 3.8) is 0 Å². The third kappa shape index (κ3) is 4.81. The number of halogens is 6. The number of hydrazine groups is 1. The van der Waals surface area contributed by atoms with Crippen molar-refractivity contribution in [2.45, 2.75) is 17.9 Å². The summed E-state index contributed by atoms with van der Waals surface area (Å²) in [7, 11) is 0. The van der Waals surface area contributed by atoms with Crippen LogP contribution in [0.2, 0.25) is 0 Å². The number of alkyl halides is 4. The Morgan fingerprint density at radius 1 is 1.23 bits per heavy atom. The lowest BCUT2D eigenvalue weighted by Gasteiger charge is -2.37. The number of hydrazone groups is 1. The number of rotatable bonds is 6. The van der Waals surface area contributed by atoms with E-state index in [-0.39, 0.29) is 5.56 Å². The number of nitrogens with zero attached hydrogens (tertiary/aromatic N) is 3. The van der Waals surface area contributed by atoms with Crippen molar-refractivity contribution in [1.29, 1.82) is 0 Å². The van der Waals surface area contributed by atoms with Gasteiger partial charge in [-0.3, -0.25) is 9.99 Å². The Bertz CT molecular complexity index is 973. The van der Waals surface area contributed by atoms with Crippen LogP contribution in [-0.4, -0.2) is 34.4 Å². The van der Waals surface area contributed by atoms with Gasteiger partial charge < -0.3 is 10.9 Å². The average Bonchev–Trinajstić information content (AvgIpc) is 2.66. The van der Waals surface area contributed by atoms with Gasteiger partial charge in [-0.25, -0.2) is 14.6 Å². The molecular formula is C18H15F6N5O. The predicted molar refractivity (Wildman–Crippen MR) is 94.8 cm³/mol. The molecule has 0 fully saturated rings. The minimum atomic E-state index is -4.29. The highest BCUT2D eigenvalue weighted by molar-refractivity contribution is 5.53. The molecule has 0 aliphatic carbocycles. The molecule has 0 amide bonds. The molecule has 1 heterocycles. The molecular weight excluding hydrogens is 416 g/mol. The topological polar surface area (TPSA) is 101 Å². The Balaban J connectivity index is 2.57. The van der Waals surface area contributed by atoms with Crippen LogP contribution < -0.4 is 11.7 Å². The van der Waals surface area contributed by atoms with Gasteiger partial charge in [0.2, 0.25) is 0 Å². The smallest absolute Gasteiger partial charge is 0.323 e. The van der Waals surface area contributed by atoms with E-state index in [1.165, 1.54) is 5.92 Å². The highest BCUT2D eigenvalue weighted by Gasteiger charge is 2.58. The summed E-state index contributed by atoms with van der Waals surface area (Å²) in [5.41, 5.74) is -5.47. The molecule has 12 heteroatoms. The Morgan fingerprint density at radius 3 is 2.47 bits per heavy atom. The van der Waals surface area contributed by atoms with Crippen LogP contribution in [0, 0.1) is 23.5 Å². The Labute approximate surface area is 166 Å². The summed E-state index contributed by atoms with van der Waals surface area (Å²) in [5, 5.41) is 14.4. The van der Waals surface area contributed by atoms with E-state index in [1.54, 1.807) is 0 Å². The van der Waals surface area contributed by atoms with Crippen LogP contribution in [0.25, 0.3) is 0 Å². The second-order valence-corrected chi connectivity index (χ2v) is 6.00. The van der Waals surface area contributed by atoms with Crippen molar-refractivity contribution in [2.75, 3.05) is 6.54 Å². The largest absolute Gasteiger partial charge is 0.377 e. The minimum absolute atomic E-state index is 0.0953. The monoisotopic (exact) mass is 431 g/mol. The fourth-order valence-electron chi connectivity index (χ4n) is 2.57. The third-order valence-corrected chi connectivity index (χ3v) is 3.93. The molecule has 0 saturated heterocycles. The van der Waals surface area contributed by atoms with Gasteiger partial charge in [-0.15, -0.1) is 0 Å². The number of hydrogen-bond acceptors (Lipinski definition) is 5. The summed E-state index contributed by atoms with van der Waals surface area (Å²) in [4.78, 5) is 3.45. The van der Waals surface area contributed by atoms with Crippen molar-refractivity contribution in [3.05, 3.63) is 65.0 Å². The summed E-state index contributed by atoms with van der Waals surface area (Å²) in [6.07, 6.45) is -1.46. The number of hydrogen-bond donors (Lipinski definition) is 3. The van der Waals surface area contributed by atoms with Crippen LogP contribution in [0.4, 0.5) is 26.3 Å². The first-order valence-corrected chi connectivity index (χ1v) is 8.08. The van der Waals surface area contributed by atoms with E-state index < -0.39 is 47.4 Å². The molecule has 0 aliphatic rings. The molecule has 0 bridgehead atoms. The second-order valence-electron chi connectivity index (χ2n) is 6.00. The van der Waals surface area contributed by atoms with Crippen LogP contribution in [0.1, 0.15) is 16.8 Å². The van der Waals surface area contributed by atoms with E-state index in [2.05, 4.69) is 10.1 Å². The highest BCUT2D eigenvalue weighted by Crippen LogP contribution is 2.45. The summed E-state index contributed by atoms with van der Waals surface area (Å²) in [5.74, 6) is 7.10. The van der Waals surface area contributed by atoms with Gasteiger partial charge in [-0.05, 0) is 30.2 Å². The minimum Gasteiger partial charge on any atom is -0.377 e. The summed E-state index contributed by atoms with van der Waals surface area (Å²) >= 11 is 0. The molecule has 2 rings (SSSR count). The maximum absolute atomic E-state index is 15.3. The summed E-state index contributed by atoms with van der Waals surface area (Å²) < 4.78 is 82.5. The lowest BCUT2D eigenvalue weighted by Crippen LogP contribution is -2.53. The fraction of sp³-hybridized carbons (Fsp3) is 0.222. The summed E-state index contributed by atoms with van der Waals surface area (Å²) in [6.45, 7) is -1.13.